The van der Waals surface area contributed by atoms with Crippen molar-refractivity contribution in [3.05, 3.63) is 47.5 Å². The van der Waals surface area contributed by atoms with Crippen LogP contribution in [0.3, 0.4) is 0 Å². The van der Waals surface area contributed by atoms with Crippen LogP contribution in [0.5, 0.6) is 0 Å². The highest BCUT2D eigenvalue weighted by Crippen LogP contribution is 2.18. The summed E-state index contributed by atoms with van der Waals surface area (Å²) in [4.78, 5) is 24.2. The first-order chi connectivity index (χ1) is 9.41. The van der Waals surface area contributed by atoms with Crippen LogP contribution in [-0.2, 0) is 0 Å². The fraction of sp³-hybridized carbons (Fsp3) is 0.154. The average Bonchev–Trinajstić information content (AvgIpc) is 2.86. The molecule has 6 nitrogen and oxygen atoms in total. The lowest BCUT2D eigenvalue weighted by molar-refractivity contribution is 0.0691. The van der Waals surface area contributed by atoms with Gasteiger partial charge >= 0.3 is 5.97 Å². The molecule has 20 heavy (non-hydrogen) atoms. The number of carbonyl (C=O) groups is 2. The van der Waals surface area contributed by atoms with Crippen LogP contribution in [0.2, 0.25) is 0 Å². The highest BCUT2D eigenvalue weighted by atomic mass is 19.1. The number of halogens is 1. The number of hydrogen-bond donors (Lipinski definition) is 1. The summed E-state index contributed by atoms with van der Waals surface area (Å²) in [5, 5.41) is 13.0. The van der Waals surface area contributed by atoms with Gasteiger partial charge in [0, 0.05) is 20.3 Å². The third-order valence-electron chi connectivity index (χ3n) is 2.67. The first-order valence-corrected chi connectivity index (χ1v) is 5.71. The molecule has 0 aliphatic carbocycles. The van der Waals surface area contributed by atoms with Crippen LogP contribution in [-0.4, -0.2) is 45.8 Å². The van der Waals surface area contributed by atoms with Crippen LogP contribution >= 0.6 is 0 Å². The summed E-state index contributed by atoms with van der Waals surface area (Å²) in [6, 6.07) is 5.30. The highest BCUT2D eigenvalue weighted by molar-refractivity contribution is 5.93. The molecule has 0 atom stereocenters. The van der Waals surface area contributed by atoms with Crippen LogP contribution in [0.25, 0.3) is 5.69 Å². The Kier molecular flexibility index (Phi) is 3.51. The molecule has 0 bridgehead atoms. The number of aromatic carboxylic acids is 1. The van der Waals surface area contributed by atoms with Gasteiger partial charge in [-0.2, -0.15) is 5.10 Å². The molecule has 2 aromatic rings. The van der Waals surface area contributed by atoms with Crippen molar-refractivity contribution in [2.75, 3.05) is 14.1 Å². The Bertz CT molecular complexity index is 679. The van der Waals surface area contributed by atoms with E-state index in [0.29, 0.717) is 0 Å². The third kappa shape index (κ3) is 2.37. The molecule has 0 radical (unpaired) electrons. The predicted molar refractivity (Wildman–Crippen MR) is 68.5 cm³/mol. The van der Waals surface area contributed by atoms with Crippen molar-refractivity contribution in [2.24, 2.45) is 0 Å². The maximum atomic E-state index is 13.6. The summed E-state index contributed by atoms with van der Waals surface area (Å²) in [6.45, 7) is 0. The van der Waals surface area contributed by atoms with Gasteiger partial charge in [0.25, 0.3) is 5.91 Å². The second kappa shape index (κ2) is 5.12. The second-order valence-electron chi connectivity index (χ2n) is 4.28. The number of nitrogens with zero attached hydrogens (tertiary/aromatic N) is 3. The first-order valence-electron chi connectivity index (χ1n) is 5.71. The molecule has 0 saturated carbocycles. The van der Waals surface area contributed by atoms with E-state index >= 15 is 0 Å². The molecule has 0 aliphatic rings. The van der Waals surface area contributed by atoms with Gasteiger partial charge in [0.05, 0.1) is 5.69 Å². The zero-order valence-electron chi connectivity index (χ0n) is 10.9. The summed E-state index contributed by atoms with van der Waals surface area (Å²) in [5.74, 6) is -2.57. The van der Waals surface area contributed by atoms with Crippen molar-refractivity contribution in [1.82, 2.24) is 14.7 Å². The standard InChI is InChI=1S/C13H12FN3O3/c1-16(2)12(18)9-6-7-17(15-9)10-5-3-4-8(14)11(10)13(19)20/h3-7H,1-2H3,(H,19,20). The van der Waals surface area contributed by atoms with Gasteiger partial charge in [-0.05, 0) is 18.2 Å². The largest absolute Gasteiger partial charge is 0.478 e. The van der Waals surface area contributed by atoms with E-state index < -0.39 is 17.3 Å². The van der Waals surface area contributed by atoms with Crippen molar-refractivity contribution in [1.29, 1.82) is 0 Å². The monoisotopic (exact) mass is 277 g/mol. The molecule has 1 amide bonds. The third-order valence-corrected chi connectivity index (χ3v) is 2.67. The van der Waals surface area contributed by atoms with Crippen molar-refractivity contribution in [3.8, 4) is 5.69 Å². The van der Waals surface area contributed by atoms with Crippen LogP contribution in [0.1, 0.15) is 20.8 Å². The molecule has 0 unspecified atom stereocenters. The Balaban J connectivity index is 2.51. The molecule has 104 valence electrons. The van der Waals surface area contributed by atoms with Crippen LogP contribution in [0, 0.1) is 5.82 Å². The minimum atomic E-state index is -1.39. The molecule has 1 N–H and O–H groups in total. The summed E-state index contributed by atoms with van der Waals surface area (Å²) in [5.41, 5.74) is -0.273. The summed E-state index contributed by atoms with van der Waals surface area (Å²) < 4.78 is 14.8. The number of rotatable bonds is 3. The molecular weight excluding hydrogens is 265 g/mol. The predicted octanol–water partition coefficient (Wildman–Crippen LogP) is 1.41. The van der Waals surface area contributed by atoms with E-state index in [9.17, 15) is 14.0 Å². The Labute approximate surface area is 114 Å². The number of carbonyl (C=O) groups excluding carboxylic acids is 1. The van der Waals surface area contributed by atoms with E-state index in [1.165, 1.54) is 34.0 Å². The summed E-state index contributed by atoms with van der Waals surface area (Å²) in [7, 11) is 3.15. The molecule has 0 spiro atoms. The van der Waals surface area contributed by atoms with Gasteiger partial charge in [-0.15, -0.1) is 0 Å². The lowest BCUT2D eigenvalue weighted by Crippen LogP contribution is -2.22. The van der Waals surface area contributed by atoms with Gasteiger partial charge in [0.2, 0.25) is 0 Å². The molecule has 7 heteroatoms. The van der Waals surface area contributed by atoms with Gasteiger partial charge in [-0.1, -0.05) is 6.07 Å². The fourth-order valence-electron chi connectivity index (χ4n) is 1.72. The fourth-order valence-corrected chi connectivity index (χ4v) is 1.72. The number of hydrogen-bond acceptors (Lipinski definition) is 3. The smallest absolute Gasteiger partial charge is 0.340 e. The maximum absolute atomic E-state index is 13.6. The van der Waals surface area contributed by atoms with Gasteiger partial charge in [-0.3, -0.25) is 4.79 Å². The van der Waals surface area contributed by atoms with Crippen molar-refractivity contribution >= 4 is 11.9 Å². The SMILES string of the molecule is CN(C)C(=O)c1ccn(-c2cccc(F)c2C(=O)O)n1. The lowest BCUT2D eigenvalue weighted by atomic mass is 10.1. The van der Waals surface area contributed by atoms with Crippen LogP contribution in [0.15, 0.2) is 30.5 Å². The molecule has 1 aromatic carbocycles. The van der Waals surface area contributed by atoms with Crippen LogP contribution in [0.4, 0.5) is 4.39 Å². The summed E-state index contributed by atoms with van der Waals surface area (Å²) >= 11 is 0. The Morgan fingerprint density at radius 1 is 1.30 bits per heavy atom. The van der Waals surface area contributed by atoms with Crippen molar-refractivity contribution in [3.63, 3.8) is 0 Å². The molecule has 1 heterocycles. The maximum Gasteiger partial charge on any atom is 0.340 e. The molecule has 2 rings (SSSR count). The van der Waals surface area contributed by atoms with E-state index in [-0.39, 0.29) is 17.3 Å². The number of benzene rings is 1. The number of carboxylic acids is 1. The van der Waals surface area contributed by atoms with Gasteiger partial charge < -0.3 is 10.0 Å². The van der Waals surface area contributed by atoms with Crippen molar-refractivity contribution in [2.45, 2.75) is 0 Å². The quantitative estimate of drug-likeness (QED) is 0.920. The van der Waals surface area contributed by atoms with E-state index in [4.69, 9.17) is 5.11 Å². The second-order valence-corrected chi connectivity index (χ2v) is 4.28. The van der Waals surface area contributed by atoms with E-state index in [1.54, 1.807) is 14.1 Å². The molecular formula is C13H12FN3O3. The normalized spacial score (nSPS) is 10.3. The minimum Gasteiger partial charge on any atom is -0.478 e. The van der Waals surface area contributed by atoms with Gasteiger partial charge in [-0.25, -0.2) is 13.9 Å². The Morgan fingerprint density at radius 3 is 2.60 bits per heavy atom. The number of aromatic nitrogens is 2. The van der Waals surface area contributed by atoms with E-state index in [1.807, 2.05) is 0 Å². The van der Waals surface area contributed by atoms with E-state index in [2.05, 4.69) is 5.10 Å². The first kappa shape index (κ1) is 13.7. The van der Waals surface area contributed by atoms with Gasteiger partial charge in [0.1, 0.15) is 11.4 Å². The van der Waals surface area contributed by atoms with Crippen molar-refractivity contribution < 1.29 is 19.1 Å². The average molecular weight is 277 g/mol. The zero-order valence-corrected chi connectivity index (χ0v) is 10.9. The number of carboxylic acid groups (broad SMARTS) is 1. The molecule has 0 saturated heterocycles. The minimum absolute atomic E-state index is 0.0651. The Morgan fingerprint density at radius 2 is 2.00 bits per heavy atom. The Hall–Kier alpha value is -2.70. The molecule has 1 aromatic heterocycles. The number of amides is 1. The lowest BCUT2D eigenvalue weighted by Gasteiger charge is -2.08. The van der Waals surface area contributed by atoms with E-state index in [0.717, 1.165) is 6.07 Å². The topological polar surface area (TPSA) is 75.4 Å². The molecule has 0 aliphatic heterocycles. The van der Waals surface area contributed by atoms with Crippen LogP contribution < -0.4 is 0 Å². The molecule has 0 fully saturated rings. The zero-order chi connectivity index (χ0) is 14.9. The highest BCUT2D eigenvalue weighted by Gasteiger charge is 2.19. The van der Waals surface area contributed by atoms with Gasteiger partial charge in [0.15, 0.2) is 5.69 Å². The summed E-state index contributed by atoms with van der Waals surface area (Å²) in [6.07, 6.45) is 1.41.